The smallest absolute Gasteiger partial charge is 0.405 e. The van der Waals surface area contributed by atoms with E-state index in [0.717, 1.165) is 6.42 Å². The summed E-state index contributed by atoms with van der Waals surface area (Å²) < 4.78 is 88.0. The molecule has 7 atom stereocenters. The molecule has 48 heavy (non-hydrogen) atoms. The van der Waals surface area contributed by atoms with Crippen molar-refractivity contribution in [1.82, 2.24) is 14.9 Å². The van der Waals surface area contributed by atoms with Crippen molar-refractivity contribution in [1.29, 1.82) is 0 Å². The van der Waals surface area contributed by atoms with Crippen LogP contribution in [0, 0.1) is 11.7 Å². The lowest BCUT2D eigenvalue weighted by molar-refractivity contribution is -0.169. The number of amides is 2. The molecular weight excluding hydrogens is 680 g/mol. The largest absolute Gasteiger partial charge is 0.465 e. The predicted molar refractivity (Wildman–Crippen MR) is 171 cm³/mol. The number of hydrogen-bond donors (Lipinski definition) is 4. The molecule has 0 aliphatic carbocycles. The van der Waals surface area contributed by atoms with Crippen LogP contribution in [0.5, 0.6) is 0 Å². The zero-order valence-corrected chi connectivity index (χ0v) is 27.6. The van der Waals surface area contributed by atoms with Gasteiger partial charge in [0, 0.05) is 54.0 Å². The number of benzene rings is 2. The first-order chi connectivity index (χ1) is 22.7. The number of hydrogen-bond acceptors (Lipinski definition) is 6. The van der Waals surface area contributed by atoms with Gasteiger partial charge in [-0.3, -0.25) is 4.79 Å². The molecule has 5 unspecified atom stereocenters. The SMILES string of the molecule is O=C(O)N[C@H](C(=O)Nc1cccc(F)c1CCC1CNC2CCCS(=O)(=O)N1C2)[C@@H](c1ccc(Cl)cc1)C1CCOC(CC(F)(F)F)C1. The topological polar surface area (TPSA) is 137 Å². The Kier molecular flexibility index (Phi) is 11.6. The molecule has 3 saturated heterocycles. The zero-order chi connectivity index (χ0) is 34.6. The number of nitrogens with zero attached hydrogens (tertiary/aromatic N) is 1. The number of fused-ring (bicyclic) bond motifs is 2. The first-order valence-electron chi connectivity index (χ1n) is 15.9. The van der Waals surface area contributed by atoms with E-state index in [2.05, 4.69) is 16.0 Å². The second-order valence-electron chi connectivity index (χ2n) is 12.7. The second-order valence-corrected chi connectivity index (χ2v) is 15.2. The summed E-state index contributed by atoms with van der Waals surface area (Å²) in [6, 6.07) is 8.48. The fourth-order valence-corrected chi connectivity index (χ4v) is 9.14. The van der Waals surface area contributed by atoms with Crippen molar-refractivity contribution in [2.45, 2.75) is 81.3 Å². The van der Waals surface area contributed by atoms with Crippen molar-refractivity contribution in [2.75, 3.05) is 30.8 Å². The molecule has 3 aliphatic rings. The summed E-state index contributed by atoms with van der Waals surface area (Å²) in [4.78, 5) is 26.1. The Morgan fingerprint density at radius 2 is 1.90 bits per heavy atom. The van der Waals surface area contributed by atoms with Gasteiger partial charge >= 0.3 is 12.3 Å². The van der Waals surface area contributed by atoms with E-state index < -0.39 is 70.5 Å². The van der Waals surface area contributed by atoms with Crippen LogP contribution in [0.15, 0.2) is 42.5 Å². The average Bonchev–Trinajstić information content (AvgIpc) is 3.12. The van der Waals surface area contributed by atoms with Gasteiger partial charge in [-0.2, -0.15) is 17.5 Å². The number of alkyl halides is 3. The summed E-state index contributed by atoms with van der Waals surface area (Å²) >= 11 is 6.09. The number of carbonyl (C=O) groups excluding carboxylic acids is 1. The lowest BCUT2D eigenvalue weighted by Crippen LogP contribution is -2.57. The molecule has 3 aliphatic heterocycles. The molecule has 3 heterocycles. The fourth-order valence-electron chi connectivity index (χ4n) is 7.21. The lowest BCUT2D eigenvalue weighted by atomic mass is 9.74. The van der Waals surface area contributed by atoms with Crippen LogP contribution in [0.2, 0.25) is 5.02 Å². The summed E-state index contributed by atoms with van der Waals surface area (Å²) in [7, 11) is -3.48. The van der Waals surface area contributed by atoms with Crippen LogP contribution in [-0.4, -0.2) is 85.7 Å². The lowest BCUT2D eigenvalue weighted by Gasteiger charge is -2.38. The average molecular weight is 719 g/mol. The second kappa shape index (κ2) is 15.3. The standard InChI is InChI=1S/C32H39ClF4N4O6S/c33-21-8-6-19(7-9-21)28(20-12-13-47-24(15-20)16-32(35,36)37)29(40-31(43)44)30(42)39-27-5-1-4-26(34)25(27)11-10-23-17-38-22-3-2-14-48(45,46)41(23)18-22/h1,4-9,20,22-24,28-29,38,40H,2-3,10-18H2,(H,39,42)(H,43,44)/t20?,22?,23?,24?,28-,29-/m0/s1. The van der Waals surface area contributed by atoms with Crippen LogP contribution < -0.4 is 16.0 Å². The van der Waals surface area contributed by atoms with Crippen LogP contribution in [0.3, 0.4) is 0 Å². The van der Waals surface area contributed by atoms with Gasteiger partial charge < -0.3 is 25.8 Å². The molecule has 16 heteroatoms. The number of carboxylic acid groups (broad SMARTS) is 1. The van der Waals surface area contributed by atoms with Crippen LogP contribution in [0.1, 0.15) is 55.6 Å². The first kappa shape index (κ1) is 36.3. The van der Waals surface area contributed by atoms with E-state index in [1.54, 1.807) is 24.3 Å². The maximum Gasteiger partial charge on any atom is 0.405 e. The molecule has 0 saturated carbocycles. The van der Waals surface area contributed by atoms with Crippen molar-refractivity contribution in [3.63, 3.8) is 0 Å². The minimum atomic E-state index is -4.49. The normalized spacial score (nSPS) is 26.9. The number of rotatable bonds is 10. The minimum absolute atomic E-state index is 0.0194. The van der Waals surface area contributed by atoms with Crippen molar-refractivity contribution in [3.8, 4) is 0 Å². The molecule has 0 radical (unpaired) electrons. The van der Waals surface area contributed by atoms with Crippen LogP contribution in [-0.2, 0) is 26.0 Å². The summed E-state index contributed by atoms with van der Waals surface area (Å²) in [6.07, 6.45) is -6.60. The predicted octanol–water partition coefficient (Wildman–Crippen LogP) is 5.28. The maximum absolute atomic E-state index is 15.3. The molecule has 264 valence electrons. The molecule has 2 bridgehead atoms. The van der Waals surface area contributed by atoms with Crippen LogP contribution in [0.25, 0.3) is 0 Å². The molecule has 2 amide bonds. The number of ether oxygens (including phenoxy) is 1. The van der Waals surface area contributed by atoms with Crippen molar-refractivity contribution < 1.29 is 45.4 Å². The van der Waals surface area contributed by atoms with Gasteiger partial charge in [0.25, 0.3) is 0 Å². The number of sulfonamides is 1. The number of anilines is 1. The Hall–Kier alpha value is -2.98. The van der Waals surface area contributed by atoms with Crippen molar-refractivity contribution in [2.24, 2.45) is 5.92 Å². The van der Waals surface area contributed by atoms with E-state index in [-0.39, 0.29) is 55.3 Å². The summed E-state index contributed by atoms with van der Waals surface area (Å²) in [6.45, 7) is 0.709. The number of piperazine rings is 1. The molecule has 2 aromatic rings. The molecule has 4 N–H and O–H groups in total. The van der Waals surface area contributed by atoms with Crippen LogP contribution in [0.4, 0.5) is 28.0 Å². The molecule has 0 spiro atoms. The van der Waals surface area contributed by atoms with E-state index >= 15 is 4.39 Å². The summed E-state index contributed by atoms with van der Waals surface area (Å²) in [5, 5.41) is 18.5. The highest BCUT2D eigenvalue weighted by atomic mass is 35.5. The van der Waals surface area contributed by atoms with Crippen molar-refractivity contribution >= 4 is 39.3 Å². The third-order valence-electron chi connectivity index (χ3n) is 9.42. The van der Waals surface area contributed by atoms with E-state index in [1.807, 2.05) is 0 Å². The summed E-state index contributed by atoms with van der Waals surface area (Å²) in [5.41, 5.74) is 0.676. The van der Waals surface area contributed by atoms with E-state index in [1.165, 1.54) is 22.5 Å². The highest BCUT2D eigenvalue weighted by Crippen LogP contribution is 2.40. The highest BCUT2D eigenvalue weighted by Gasteiger charge is 2.43. The number of carbonyl (C=O) groups is 2. The Balaban J connectivity index is 1.41. The van der Waals surface area contributed by atoms with Gasteiger partial charge in [-0.15, -0.1) is 0 Å². The Morgan fingerprint density at radius 1 is 1.15 bits per heavy atom. The molecule has 10 nitrogen and oxygen atoms in total. The van der Waals surface area contributed by atoms with Crippen molar-refractivity contribution in [3.05, 3.63) is 64.4 Å². The molecule has 0 aromatic heterocycles. The zero-order valence-electron chi connectivity index (χ0n) is 26.0. The number of halogens is 5. The molecular formula is C32H39ClF4N4O6S. The van der Waals surface area contributed by atoms with Gasteiger partial charge in [-0.25, -0.2) is 17.6 Å². The first-order valence-corrected chi connectivity index (χ1v) is 17.9. The van der Waals surface area contributed by atoms with E-state index in [0.29, 0.717) is 30.1 Å². The van der Waals surface area contributed by atoms with Gasteiger partial charge in [0.15, 0.2) is 0 Å². The third kappa shape index (κ3) is 9.17. The fraction of sp³-hybridized carbons (Fsp3) is 0.562. The van der Waals surface area contributed by atoms with E-state index in [9.17, 15) is 36.3 Å². The summed E-state index contributed by atoms with van der Waals surface area (Å²) in [5.74, 6) is -2.95. The Morgan fingerprint density at radius 3 is 2.60 bits per heavy atom. The maximum atomic E-state index is 15.3. The van der Waals surface area contributed by atoms with Gasteiger partial charge in [0.1, 0.15) is 11.9 Å². The molecule has 3 fully saturated rings. The van der Waals surface area contributed by atoms with Crippen LogP contribution >= 0.6 is 11.6 Å². The van der Waals surface area contributed by atoms with E-state index in [4.69, 9.17) is 16.3 Å². The Labute approximate surface area is 281 Å². The van der Waals surface area contributed by atoms with Gasteiger partial charge in [0.05, 0.1) is 18.3 Å². The quantitative estimate of drug-likeness (QED) is 0.245. The number of nitrogens with one attached hydrogen (secondary N) is 3. The highest BCUT2D eigenvalue weighted by molar-refractivity contribution is 7.89. The third-order valence-corrected chi connectivity index (χ3v) is 11.6. The monoisotopic (exact) mass is 718 g/mol. The van der Waals surface area contributed by atoms with Gasteiger partial charge in [-0.1, -0.05) is 29.8 Å². The Bertz CT molecular complexity index is 1560. The molecule has 2 aromatic carbocycles. The van der Waals surface area contributed by atoms with Gasteiger partial charge in [-0.05, 0) is 74.3 Å². The minimum Gasteiger partial charge on any atom is -0.465 e. The molecule has 5 rings (SSSR count). The van der Waals surface area contributed by atoms with Gasteiger partial charge in [0.2, 0.25) is 15.9 Å².